The molecule has 7 nitrogen and oxygen atoms in total. The van der Waals surface area contributed by atoms with E-state index in [2.05, 4.69) is 15.2 Å². The number of hydrogen-bond donors (Lipinski definition) is 1. The third-order valence-electron chi connectivity index (χ3n) is 6.57. The summed E-state index contributed by atoms with van der Waals surface area (Å²) >= 11 is 0. The Morgan fingerprint density at radius 2 is 1.73 bits per heavy atom. The van der Waals surface area contributed by atoms with Crippen LogP contribution in [0.1, 0.15) is 35.1 Å². The van der Waals surface area contributed by atoms with Gasteiger partial charge in [0, 0.05) is 31.7 Å². The lowest BCUT2D eigenvalue weighted by molar-refractivity contribution is -0.274. The number of rotatable bonds is 12. The van der Waals surface area contributed by atoms with Crippen LogP contribution in [0.25, 0.3) is 0 Å². The topological polar surface area (TPSA) is 78.4 Å². The third-order valence-corrected chi connectivity index (χ3v) is 6.57. The number of alkyl halides is 3. The van der Waals surface area contributed by atoms with Crippen molar-refractivity contribution in [2.75, 3.05) is 26.4 Å². The largest absolute Gasteiger partial charge is 0.573 e. The molecule has 1 fully saturated rings. The molecule has 0 aromatic heterocycles. The number of hydrogen-bond acceptors (Lipinski definition) is 6. The smallest absolute Gasteiger partial charge is 0.484 e. The highest BCUT2D eigenvalue weighted by Crippen LogP contribution is 2.24. The minimum Gasteiger partial charge on any atom is -0.484 e. The molecule has 1 saturated heterocycles. The van der Waals surface area contributed by atoms with Gasteiger partial charge in [-0.25, -0.2) is 0 Å². The Morgan fingerprint density at radius 3 is 2.41 bits per heavy atom. The summed E-state index contributed by atoms with van der Waals surface area (Å²) in [6, 6.07) is 20.8. The minimum atomic E-state index is -4.75. The highest BCUT2D eigenvalue weighted by molar-refractivity contribution is 6.01. The van der Waals surface area contributed by atoms with Crippen LogP contribution in [0.4, 0.5) is 13.2 Å². The summed E-state index contributed by atoms with van der Waals surface area (Å²) in [7, 11) is 0. The van der Waals surface area contributed by atoms with E-state index >= 15 is 0 Å². The van der Waals surface area contributed by atoms with Gasteiger partial charge >= 0.3 is 6.36 Å². The fourth-order valence-electron chi connectivity index (χ4n) is 4.34. The maximum atomic E-state index is 12.4. The van der Waals surface area contributed by atoms with Crippen LogP contribution in [0.5, 0.6) is 11.5 Å². The molecule has 218 valence electrons. The highest BCUT2D eigenvalue weighted by Gasteiger charge is 2.31. The number of nitrogens with zero attached hydrogens (tertiary/aromatic N) is 1. The number of amides is 1. The van der Waals surface area contributed by atoms with Gasteiger partial charge < -0.3 is 24.4 Å². The van der Waals surface area contributed by atoms with Crippen molar-refractivity contribution >= 4 is 11.6 Å². The van der Waals surface area contributed by atoms with Gasteiger partial charge in [-0.15, -0.1) is 13.2 Å². The van der Waals surface area contributed by atoms with Crippen molar-refractivity contribution in [1.29, 1.82) is 0 Å². The molecule has 1 N–H and O–H groups in total. The lowest BCUT2D eigenvalue weighted by atomic mass is 10.0. The zero-order valence-corrected chi connectivity index (χ0v) is 22.8. The Hall–Kier alpha value is -4.05. The van der Waals surface area contributed by atoms with E-state index in [1.54, 1.807) is 6.07 Å². The van der Waals surface area contributed by atoms with Crippen molar-refractivity contribution in [3.63, 3.8) is 0 Å². The molecule has 1 aliphatic rings. The molecule has 10 heteroatoms. The van der Waals surface area contributed by atoms with Gasteiger partial charge in [-0.3, -0.25) is 4.79 Å². The predicted molar refractivity (Wildman–Crippen MR) is 148 cm³/mol. The highest BCUT2D eigenvalue weighted by atomic mass is 19.4. The van der Waals surface area contributed by atoms with Crippen LogP contribution in [0, 0.1) is 12.8 Å². The van der Waals surface area contributed by atoms with E-state index in [0.29, 0.717) is 35.9 Å². The number of nitrogens with one attached hydrogen (secondary N) is 1. The first-order valence-electron chi connectivity index (χ1n) is 13.4. The molecule has 3 aromatic carbocycles. The van der Waals surface area contributed by atoms with E-state index in [0.717, 1.165) is 42.7 Å². The van der Waals surface area contributed by atoms with Crippen LogP contribution in [0.15, 0.2) is 78.0 Å². The van der Waals surface area contributed by atoms with Crippen molar-refractivity contribution in [2.45, 2.75) is 39.2 Å². The lowest BCUT2D eigenvalue weighted by Gasteiger charge is -2.22. The van der Waals surface area contributed by atoms with Crippen LogP contribution >= 0.6 is 0 Å². The molecule has 1 aliphatic heterocycles. The summed E-state index contributed by atoms with van der Waals surface area (Å²) in [5.74, 6) is 0.555. The van der Waals surface area contributed by atoms with Gasteiger partial charge in [0.1, 0.15) is 18.1 Å². The van der Waals surface area contributed by atoms with E-state index < -0.39 is 6.36 Å². The average molecular weight is 571 g/mol. The van der Waals surface area contributed by atoms with Crippen molar-refractivity contribution in [3.8, 4) is 11.5 Å². The number of oxime groups is 1. The molecule has 0 bridgehead atoms. The molecule has 0 atom stereocenters. The third kappa shape index (κ3) is 10.1. The molecule has 4 rings (SSSR count). The zero-order valence-electron chi connectivity index (χ0n) is 22.8. The number of halogens is 3. The van der Waals surface area contributed by atoms with E-state index in [1.165, 1.54) is 24.3 Å². The summed E-state index contributed by atoms with van der Waals surface area (Å²) in [5, 5.41) is 7.31. The molecule has 41 heavy (non-hydrogen) atoms. The van der Waals surface area contributed by atoms with Crippen molar-refractivity contribution in [2.24, 2.45) is 11.1 Å². The summed E-state index contributed by atoms with van der Waals surface area (Å²) in [6.07, 6.45) is -2.36. The monoisotopic (exact) mass is 570 g/mol. The first-order valence-corrected chi connectivity index (χ1v) is 13.4. The average Bonchev–Trinajstić information content (AvgIpc) is 2.96. The molecule has 3 aromatic rings. The SMILES string of the molecule is Cc1cc(/C(Cc2ccccc2)=N/OCc2ccc(OC(F)(F)F)cc2)ccc1OCC(=O)NCC1CCOCC1. The molecule has 1 heterocycles. The predicted octanol–water partition coefficient (Wildman–Crippen LogP) is 5.98. The molecular formula is C31H33F3N2O5. The molecule has 1 amide bonds. The molecule has 0 aliphatic carbocycles. The summed E-state index contributed by atoms with van der Waals surface area (Å²) in [5.41, 5.74) is 3.98. The van der Waals surface area contributed by atoms with Crippen LogP contribution in [0.2, 0.25) is 0 Å². The summed E-state index contributed by atoms with van der Waals surface area (Å²) in [4.78, 5) is 17.9. The van der Waals surface area contributed by atoms with E-state index in [9.17, 15) is 18.0 Å². The lowest BCUT2D eigenvalue weighted by Crippen LogP contribution is -2.35. The van der Waals surface area contributed by atoms with Crippen molar-refractivity contribution < 1.29 is 37.0 Å². The first kappa shape index (κ1) is 29.9. The quantitative estimate of drug-likeness (QED) is 0.214. The molecular weight excluding hydrogens is 537 g/mol. The normalized spacial score (nSPS) is 14.4. The Bertz CT molecular complexity index is 1290. The second-order valence-electron chi connectivity index (χ2n) is 9.79. The van der Waals surface area contributed by atoms with Gasteiger partial charge in [0.2, 0.25) is 0 Å². The fourth-order valence-corrected chi connectivity index (χ4v) is 4.34. The van der Waals surface area contributed by atoms with Crippen molar-refractivity contribution in [1.82, 2.24) is 5.32 Å². The van der Waals surface area contributed by atoms with Gasteiger partial charge in [-0.1, -0.05) is 47.6 Å². The second kappa shape index (κ2) is 14.5. The van der Waals surface area contributed by atoms with Crippen molar-refractivity contribution in [3.05, 3.63) is 95.1 Å². The number of benzene rings is 3. The van der Waals surface area contributed by atoms with E-state index in [1.807, 2.05) is 49.4 Å². The van der Waals surface area contributed by atoms with Gasteiger partial charge in [0.05, 0.1) is 5.71 Å². The Kier molecular flexibility index (Phi) is 10.6. The Labute approximate surface area is 237 Å². The number of aryl methyl sites for hydroxylation is 1. The maximum absolute atomic E-state index is 12.4. The van der Waals surface area contributed by atoms with Crippen LogP contribution in [-0.4, -0.2) is 44.3 Å². The zero-order chi connectivity index (χ0) is 29.1. The van der Waals surface area contributed by atoms with Gasteiger partial charge in [0.25, 0.3) is 5.91 Å². The molecule has 0 saturated carbocycles. The summed E-state index contributed by atoms with van der Waals surface area (Å²) in [6.45, 7) is 3.96. The molecule has 0 spiro atoms. The van der Waals surface area contributed by atoms with E-state index in [-0.39, 0.29) is 24.9 Å². The van der Waals surface area contributed by atoms with Crippen LogP contribution < -0.4 is 14.8 Å². The van der Waals surface area contributed by atoms with E-state index in [4.69, 9.17) is 14.3 Å². The first-order chi connectivity index (χ1) is 19.7. The van der Waals surface area contributed by atoms with Crippen LogP contribution in [0.3, 0.4) is 0 Å². The fraction of sp³-hybridized carbons (Fsp3) is 0.355. The standard InChI is InChI=1S/C31H33F3N2O5/c1-22-17-26(9-12-29(22)39-21-30(37)35-19-24-13-15-38-16-14-24)28(18-23-5-3-2-4-6-23)36-40-20-25-7-10-27(11-8-25)41-31(32,33)34/h2-12,17,24H,13-16,18-21H2,1H3,(H,35,37)/b36-28+. The summed E-state index contributed by atoms with van der Waals surface area (Å²) < 4.78 is 52.3. The Balaban J connectivity index is 1.38. The molecule has 0 unspecified atom stereocenters. The second-order valence-corrected chi connectivity index (χ2v) is 9.79. The van der Waals surface area contributed by atoms with Gasteiger partial charge in [-0.05, 0) is 72.7 Å². The Morgan fingerprint density at radius 1 is 1.00 bits per heavy atom. The van der Waals surface area contributed by atoms with Crippen LogP contribution in [-0.2, 0) is 27.4 Å². The maximum Gasteiger partial charge on any atom is 0.573 e. The number of ether oxygens (including phenoxy) is 3. The number of carbonyl (C=O) groups is 1. The van der Waals surface area contributed by atoms with Gasteiger partial charge in [-0.2, -0.15) is 0 Å². The minimum absolute atomic E-state index is 0.0633. The van der Waals surface area contributed by atoms with Gasteiger partial charge in [0.15, 0.2) is 6.61 Å². The molecule has 0 radical (unpaired) electrons. The number of carbonyl (C=O) groups excluding carboxylic acids is 1.